The lowest BCUT2D eigenvalue weighted by Gasteiger charge is -2.18. The van der Waals surface area contributed by atoms with Crippen LogP contribution in [0.1, 0.15) is 82.0 Å². The molecule has 0 unspecified atom stereocenters. The lowest BCUT2D eigenvalue weighted by molar-refractivity contribution is 0.0948. The van der Waals surface area contributed by atoms with Crippen molar-refractivity contribution in [2.45, 2.75) is 40.5 Å². The molecule has 0 radical (unpaired) electrons. The van der Waals surface area contributed by atoms with E-state index in [-0.39, 0.29) is 40.2 Å². The predicted octanol–water partition coefficient (Wildman–Crippen LogP) is 6.59. The van der Waals surface area contributed by atoms with E-state index in [2.05, 4.69) is 68.7 Å². The predicted molar refractivity (Wildman–Crippen MR) is 232 cm³/mol. The zero-order chi connectivity index (χ0) is 41.2. The van der Waals surface area contributed by atoms with Crippen molar-refractivity contribution in [2.24, 2.45) is 0 Å². The topological polar surface area (TPSA) is 172 Å². The fourth-order valence-corrected chi connectivity index (χ4v) is 7.37. The van der Waals surface area contributed by atoms with Gasteiger partial charge in [-0.25, -0.2) is 4.79 Å². The maximum absolute atomic E-state index is 14.5. The minimum Gasteiger partial charge on any atom is -0.352 e. The van der Waals surface area contributed by atoms with E-state index in [4.69, 9.17) is 0 Å². The summed E-state index contributed by atoms with van der Waals surface area (Å²) in [6.07, 6.45) is 1.53. The Morgan fingerprint density at radius 3 is 1.40 bits per heavy atom. The number of aromatic amines is 2. The van der Waals surface area contributed by atoms with Crippen LogP contribution in [0.15, 0.2) is 89.7 Å². The maximum Gasteiger partial charge on any atom is 0.323 e. The van der Waals surface area contributed by atoms with Gasteiger partial charge in [0.2, 0.25) is 0 Å². The molecule has 0 aliphatic heterocycles. The molecule has 302 valence electrons. The second-order valence-corrected chi connectivity index (χ2v) is 14.2. The molecule has 0 fully saturated rings. The number of benzene rings is 5. The van der Waals surface area contributed by atoms with Gasteiger partial charge in [-0.3, -0.25) is 19.2 Å². The van der Waals surface area contributed by atoms with Crippen molar-refractivity contribution in [3.63, 3.8) is 0 Å². The number of amides is 4. The fourth-order valence-electron chi connectivity index (χ4n) is 7.37. The highest BCUT2D eigenvalue weighted by atomic mass is 16.2. The smallest absolute Gasteiger partial charge is 0.323 e. The molecule has 4 amide bonds. The summed E-state index contributed by atoms with van der Waals surface area (Å²) in [7, 11) is 0. The number of carbonyl (C=O) groups excluding carboxylic acids is 4. The number of anilines is 2. The van der Waals surface area contributed by atoms with Crippen LogP contribution in [-0.2, 0) is 0 Å². The molecular formula is C45H52N8O5. The lowest BCUT2D eigenvalue weighted by Crippen LogP contribution is -2.31. The Morgan fingerprint density at radius 2 is 0.948 bits per heavy atom. The first-order valence-corrected chi connectivity index (χ1v) is 20.1. The number of nitrogens with one attached hydrogen (secondary N) is 6. The van der Waals surface area contributed by atoms with Crippen molar-refractivity contribution in [3.05, 3.63) is 118 Å². The number of nitrogens with zero attached hydrogens (tertiary/aromatic N) is 2. The quantitative estimate of drug-likeness (QED) is 0.0422. The van der Waals surface area contributed by atoms with Crippen LogP contribution in [0.25, 0.3) is 32.6 Å². The van der Waals surface area contributed by atoms with Crippen LogP contribution in [-0.4, -0.2) is 95.8 Å². The fraction of sp³-hybridized carbons (Fsp3) is 0.311. The molecule has 5 aromatic carbocycles. The van der Waals surface area contributed by atoms with Crippen molar-refractivity contribution in [3.8, 4) is 0 Å². The van der Waals surface area contributed by atoms with Crippen LogP contribution in [0.4, 0.5) is 11.4 Å². The summed E-state index contributed by atoms with van der Waals surface area (Å²) < 4.78 is 0. The van der Waals surface area contributed by atoms with Crippen molar-refractivity contribution >= 4 is 67.6 Å². The Bertz CT molecular complexity index is 2390. The van der Waals surface area contributed by atoms with Gasteiger partial charge in [0.05, 0.1) is 22.2 Å². The number of H-pyrrole nitrogens is 2. The summed E-state index contributed by atoms with van der Waals surface area (Å²) in [5.74, 6) is -1.55. The first kappa shape index (κ1) is 41.3. The van der Waals surface area contributed by atoms with Gasteiger partial charge in [0.25, 0.3) is 23.6 Å². The third-order valence-corrected chi connectivity index (χ3v) is 10.5. The minimum absolute atomic E-state index is 0.248. The monoisotopic (exact) mass is 784 g/mol. The summed E-state index contributed by atoms with van der Waals surface area (Å²) >= 11 is 0. The summed E-state index contributed by atoms with van der Waals surface area (Å²) in [6.45, 7) is 14.7. The average molecular weight is 785 g/mol. The minimum atomic E-state index is -0.469. The standard InChI is InChI=1S/C45H52N8O5/c1-5-52(6-2)23-13-21-46-41(54)29-25-30(42(55)47-22-14-24-53(7-3)8-4)27-32(26-29)49-44(57)40-35-17-11-9-15-33(35)39(34-16-10-12-18-36(34)40)43(56)48-31-19-20-37-38(28-31)51-45(58)50-37/h9-12,15-20,25-28H,5-8,13-14,21-24H2,1-4H3,(H,46,54)(H,47,55)(H,48,56)(H,49,57)(H2,50,51,58). The maximum atomic E-state index is 14.5. The molecule has 58 heavy (non-hydrogen) atoms. The lowest BCUT2D eigenvalue weighted by atomic mass is 9.90. The summed E-state index contributed by atoms with van der Waals surface area (Å²) in [5.41, 5.74) is 2.80. The molecular weight excluding hydrogens is 733 g/mol. The molecule has 0 saturated carbocycles. The third kappa shape index (κ3) is 9.61. The normalized spacial score (nSPS) is 11.4. The molecule has 0 saturated heterocycles. The van der Waals surface area contributed by atoms with Crippen molar-refractivity contribution in [2.75, 3.05) is 63.0 Å². The van der Waals surface area contributed by atoms with Gasteiger partial charge in [0.1, 0.15) is 0 Å². The highest BCUT2D eigenvalue weighted by molar-refractivity contribution is 6.29. The first-order chi connectivity index (χ1) is 28.1. The summed E-state index contributed by atoms with van der Waals surface area (Å²) in [6, 6.07) is 24.2. The number of fused-ring (bicyclic) bond motifs is 3. The van der Waals surface area contributed by atoms with Gasteiger partial charge in [0, 0.05) is 35.6 Å². The zero-order valence-electron chi connectivity index (χ0n) is 33.6. The number of carbonyl (C=O) groups is 4. The Kier molecular flexibility index (Phi) is 13.7. The number of hydrogen-bond acceptors (Lipinski definition) is 7. The molecule has 0 aliphatic carbocycles. The van der Waals surface area contributed by atoms with E-state index in [9.17, 15) is 24.0 Å². The van der Waals surface area contributed by atoms with Gasteiger partial charge in [0.15, 0.2) is 0 Å². The second-order valence-electron chi connectivity index (χ2n) is 14.2. The van der Waals surface area contributed by atoms with Gasteiger partial charge >= 0.3 is 5.69 Å². The van der Waals surface area contributed by atoms with Gasteiger partial charge < -0.3 is 41.0 Å². The number of aromatic nitrogens is 2. The van der Waals surface area contributed by atoms with Gasteiger partial charge in [-0.2, -0.15) is 0 Å². The number of hydrogen-bond donors (Lipinski definition) is 6. The molecule has 6 rings (SSSR count). The largest absolute Gasteiger partial charge is 0.352 e. The second kappa shape index (κ2) is 19.2. The van der Waals surface area contributed by atoms with Crippen LogP contribution >= 0.6 is 0 Å². The molecule has 1 heterocycles. The van der Waals surface area contributed by atoms with E-state index in [1.165, 1.54) is 0 Å². The van der Waals surface area contributed by atoms with E-state index < -0.39 is 5.91 Å². The van der Waals surface area contributed by atoms with E-state index in [1.54, 1.807) is 72.8 Å². The van der Waals surface area contributed by atoms with Crippen LogP contribution in [0.5, 0.6) is 0 Å². The number of imidazole rings is 1. The van der Waals surface area contributed by atoms with Crippen LogP contribution in [0.3, 0.4) is 0 Å². The van der Waals surface area contributed by atoms with E-state index >= 15 is 0 Å². The Hall–Kier alpha value is -6.31. The molecule has 0 atom stereocenters. The molecule has 6 aromatic rings. The molecule has 0 spiro atoms. The highest BCUT2D eigenvalue weighted by Crippen LogP contribution is 2.34. The Labute approximate surface area is 337 Å². The average Bonchev–Trinajstić information content (AvgIpc) is 3.61. The zero-order valence-corrected chi connectivity index (χ0v) is 33.6. The molecule has 0 bridgehead atoms. The Morgan fingerprint density at radius 1 is 0.517 bits per heavy atom. The van der Waals surface area contributed by atoms with Crippen molar-refractivity contribution < 1.29 is 19.2 Å². The Balaban J connectivity index is 1.31. The van der Waals surface area contributed by atoms with Gasteiger partial charge in [-0.15, -0.1) is 0 Å². The summed E-state index contributed by atoms with van der Waals surface area (Å²) in [5, 5.41) is 14.1. The van der Waals surface area contributed by atoms with Crippen LogP contribution in [0, 0.1) is 0 Å². The first-order valence-electron chi connectivity index (χ1n) is 20.1. The van der Waals surface area contributed by atoms with E-state index in [0.717, 1.165) is 52.1 Å². The third-order valence-electron chi connectivity index (χ3n) is 10.5. The van der Waals surface area contributed by atoms with Gasteiger partial charge in [-0.1, -0.05) is 76.2 Å². The summed E-state index contributed by atoms with van der Waals surface area (Å²) in [4.78, 5) is 77.5. The van der Waals surface area contributed by atoms with Crippen LogP contribution < -0.4 is 27.0 Å². The van der Waals surface area contributed by atoms with Gasteiger partial charge in [-0.05, 0) is 110 Å². The SMILES string of the molecule is CCN(CC)CCCNC(=O)c1cc(NC(=O)c2c3ccccc3c(C(=O)Nc3ccc4[nH]c(=O)[nH]c4c3)c3ccccc23)cc(C(=O)NCCCN(CC)CC)c1. The molecule has 6 N–H and O–H groups in total. The van der Waals surface area contributed by atoms with E-state index in [0.29, 0.717) is 62.5 Å². The highest BCUT2D eigenvalue weighted by Gasteiger charge is 2.23. The van der Waals surface area contributed by atoms with Crippen molar-refractivity contribution in [1.29, 1.82) is 0 Å². The molecule has 13 heteroatoms. The number of rotatable bonds is 18. The van der Waals surface area contributed by atoms with Crippen molar-refractivity contribution in [1.82, 2.24) is 30.4 Å². The molecule has 1 aromatic heterocycles. The molecule has 0 aliphatic rings. The van der Waals surface area contributed by atoms with Crippen LogP contribution in [0.2, 0.25) is 0 Å². The molecule has 13 nitrogen and oxygen atoms in total. The van der Waals surface area contributed by atoms with E-state index in [1.807, 2.05) is 12.1 Å².